The number of rotatable bonds is 4. The molecule has 0 aromatic heterocycles. The fraction of sp³-hybridized carbons (Fsp3) is 0.929. The maximum atomic E-state index is 5.83. The monoisotopic (exact) mass is 398 g/mol. The predicted molar refractivity (Wildman–Crippen MR) is 95.9 cm³/mol. The summed E-state index contributed by atoms with van der Waals surface area (Å²) in [6, 6.07) is 0. The second kappa shape index (κ2) is 9.04. The van der Waals surface area contributed by atoms with Crippen molar-refractivity contribution < 1.29 is 4.74 Å². The third kappa shape index (κ3) is 8.97. The highest BCUT2D eigenvalue weighted by atomic mass is 127. The summed E-state index contributed by atoms with van der Waals surface area (Å²) in [4.78, 5) is 6.80. The lowest BCUT2D eigenvalue weighted by atomic mass is 10.1. The van der Waals surface area contributed by atoms with E-state index in [1.165, 1.54) is 0 Å². The average Bonchev–Trinajstić information content (AvgIpc) is 2.20. The lowest BCUT2D eigenvalue weighted by Crippen LogP contribution is -2.46. The van der Waals surface area contributed by atoms with Crippen molar-refractivity contribution in [3.63, 3.8) is 0 Å². The van der Waals surface area contributed by atoms with Crippen LogP contribution < -0.4 is 11.1 Å². The molecule has 1 saturated heterocycles. The molecule has 5 nitrogen and oxygen atoms in total. The molecule has 2 atom stereocenters. The van der Waals surface area contributed by atoms with E-state index in [0.717, 1.165) is 32.6 Å². The zero-order valence-corrected chi connectivity index (χ0v) is 15.8. The zero-order chi connectivity index (χ0) is 14.5. The molecule has 120 valence electrons. The molecule has 0 saturated carbocycles. The number of morpholine rings is 1. The van der Waals surface area contributed by atoms with Crippen molar-refractivity contribution in [1.82, 2.24) is 10.2 Å². The second-order valence-electron chi connectivity index (χ2n) is 6.51. The molecule has 1 heterocycles. The Balaban J connectivity index is 0.00000361. The minimum Gasteiger partial charge on any atom is -0.373 e. The summed E-state index contributed by atoms with van der Waals surface area (Å²) in [7, 11) is 0. The Morgan fingerprint density at radius 3 is 2.35 bits per heavy atom. The first-order chi connectivity index (χ1) is 8.76. The average molecular weight is 398 g/mol. The number of nitrogens with zero attached hydrogens (tertiary/aromatic N) is 2. The van der Waals surface area contributed by atoms with Gasteiger partial charge in [-0.05, 0) is 41.0 Å². The van der Waals surface area contributed by atoms with E-state index in [2.05, 4.69) is 49.8 Å². The number of ether oxygens (including phenoxy) is 1. The Morgan fingerprint density at radius 1 is 1.30 bits per heavy atom. The summed E-state index contributed by atoms with van der Waals surface area (Å²) < 4.78 is 5.72. The van der Waals surface area contributed by atoms with Crippen molar-refractivity contribution in [2.24, 2.45) is 10.7 Å². The molecule has 0 aromatic carbocycles. The van der Waals surface area contributed by atoms with Crippen LogP contribution in [0, 0.1) is 0 Å². The number of guanidine groups is 1. The highest BCUT2D eigenvalue weighted by Crippen LogP contribution is 2.10. The number of nitrogens with two attached hydrogens (primary N) is 1. The Morgan fingerprint density at radius 2 is 1.85 bits per heavy atom. The quantitative estimate of drug-likeness (QED) is 0.328. The first-order valence-electron chi connectivity index (χ1n) is 7.22. The molecule has 0 radical (unpaired) electrons. The SMILES string of the molecule is CC1CN(CCCN=C(N)NC(C)(C)C)CC(C)O1.I. The molecule has 1 rings (SSSR count). The zero-order valence-electron chi connectivity index (χ0n) is 13.5. The van der Waals surface area contributed by atoms with Crippen LogP contribution in [-0.2, 0) is 4.74 Å². The van der Waals surface area contributed by atoms with Gasteiger partial charge in [0.15, 0.2) is 5.96 Å². The van der Waals surface area contributed by atoms with Gasteiger partial charge in [0, 0.05) is 31.7 Å². The summed E-state index contributed by atoms with van der Waals surface area (Å²) in [6.07, 6.45) is 1.70. The van der Waals surface area contributed by atoms with Crippen molar-refractivity contribution in [3.05, 3.63) is 0 Å². The topological polar surface area (TPSA) is 62.9 Å². The molecule has 6 heteroatoms. The minimum absolute atomic E-state index is 0. The van der Waals surface area contributed by atoms with Crippen LogP contribution in [0.3, 0.4) is 0 Å². The first-order valence-corrected chi connectivity index (χ1v) is 7.22. The number of halogens is 1. The minimum atomic E-state index is -0.0251. The Labute approximate surface area is 140 Å². The Kier molecular flexibility index (Phi) is 9.01. The van der Waals surface area contributed by atoms with Gasteiger partial charge in [-0.25, -0.2) is 0 Å². The van der Waals surface area contributed by atoms with Crippen LogP contribution in [0.1, 0.15) is 41.0 Å². The smallest absolute Gasteiger partial charge is 0.188 e. The van der Waals surface area contributed by atoms with Crippen LogP contribution >= 0.6 is 24.0 Å². The third-order valence-electron chi connectivity index (χ3n) is 2.91. The number of hydrogen-bond acceptors (Lipinski definition) is 3. The molecule has 0 aliphatic carbocycles. The fourth-order valence-electron chi connectivity index (χ4n) is 2.38. The molecular weight excluding hydrogens is 367 g/mol. The molecule has 1 aliphatic heterocycles. The van der Waals surface area contributed by atoms with Gasteiger partial charge in [0.2, 0.25) is 0 Å². The molecule has 0 aromatic rings. The van der Waals surface area contributed by atoms with Gasteiger partial charge in [-0.3, -0.25) is 9.89 Å². The summed E-state index contributed by atoms with van der Waals surface area (Å²) in [5.41, 5.74) is 5.80. The van der Waals surface area contributed by atoms with Gasteiger partial charge >= 0.3 is 0 Å². The van der Waals surface area contributed by atoms with Gasteiger partial charge in [-0.1, -0.05) is 0 Å². The summed E-state index contributed by atoms with van der Waals surface area (Å²) in [6.45, 7) is 14.4. The van der Waals surface area contributed by atoms with Crippen molar-refractivity contribution in [2.45, 2.75) is 58.8 Å². The summed E-state index contributed by atoms with van der Waals surface area (Å²) in [5.74, 6) is 0.538. The lowest BCUT2D eigenvalue weighted by molar-refractivity contribution is -0.0679. The van der Waals surface area contributed by atoms with E-state index in [1.807, 2.05) is 0 Å². The summed E-state index contributed by atoms with van der Waals surface area (Å²) >= 11 is 0. The molecule has 0 amide bonds. The standard InChI is InChI=1S/C14H30N4O.HI/c1-11-9-18(10-12(2)19-11)8-6-7-16-13(15)17-14(3,4)5;/h11-12H,6-10H2,1-5H3,(H3,15,16,17);1H. The fourth-order valence-corrected chi connectivity index (χ4v) is 2.38. The van der Waals surface area contributed by atoms with E-state index in [-0.39, 0.29) is 29.5 Å². The van der Waals surface area contributed by atoms with E-state index < -0.39 is 0 Å². The number of hydrogen-bond donors (Lipinski definition) is 2. The van der Waals surface area contributed by atoms with Crippen LogP contribution in [0.4, 0.5) is 0 Å². The van der Waals surface area contributed by atoms with Crippen LogP contribution in [0.5, 0.6) is 0 Å². The van der Waals surface area contributed by atoms with Gasteiger partial charge in [0.05, 0.1) is 12.2 Å². The predicted octanol–water partition coefficient (Wildman–Crippen LogP) is 1.81. The lowest BCUT2D eigenvalue weighted by Gasteiger charge is -2.35. The van der Waals surface area contributed by atoms with Crippen LogP contribution in [0.2, 0.25) is 0 Å². The normalized spacial score (nSPS) is 25.1. The highest BCUT2D eigenvalue weighted by molar-refractivity contribution is 14.0. The van der Waals surface area contributed by atoms with E-state index >= 15 is 0 Å². The van der Waals surface area contributed by atoms with Crippen molar-refractivity contribution in [2.75, 3.05) is 26.2 Å². The Bertz CT molecular complexity index is 294. The van der Waals surface area contributed by atoms with Gasteiger partial charge in [-0.15, -0.1) is 24.0 Å². The Hall–Kier alpha value is -0.0800. The van der Waals surface area contributed by atoms with Crippen LogP contribution in [0.25, 0.3) is 0 Å². The molecule has 2 unspecified atom stereocenters. The molecule has 1 fully saturated rings. The van der Waals surface area contributed by atoms with Gasteiger partial charge in [0.25, 0.3) is 0 Å². The largest absolute Gasteiger partial charge is 0.373 e. The van der Waals surface area contributed by atoms with Gasteiger partial charge in [-0.2, -0.15) is 0 Å². The van der Waals surface area contributed by atoms with Gasteiger partial charge < -0.3 is 15.8 Å². The third-order valence-corrected chi connectivity index (χ3v) is 2.91. The first kappa shape index (κ1) is 19.9. The van der Waals surface area contributed by atoms with Crippen molar-refractivity contribution in [3.8, 4) is 0 Å². The van der Waals surface area contributed by atoms with Crippen LogP contribution in [0.15, 0.2) is 4.99 Å². The van der Waals surface area contributed by atoms with Gasteiger partial charge in [0.1, 0.15) is 0 Å². The second-order valence-corrected chi connectivity index (χ2v) is 6.51. The molecule has 0 spiro atoms. The number of aliphatic imine (C=N–C) groups is 1. The molecule has 20 heavy (non-hydrogen) atoms. The van der Waals surface area contributed by atoms with E-state index in [1.54, 1.807) is 0 Å². The maximum Gasteiger partial charge on any atom is 0.188 e. The van der Waals surface area contributed by atoms with Crippen LogP contribution in [-0.4, -0.2) is 54.8 Å². The number of nitrogens with one attached hydrogen (secondary N) is 1. The summed E-state index contributed by atoms with van der Waals surface area (Å²) in [5, 5.41) is 3.17. The van der Waals surface area contributed by atoms with E-state index in [0.29, 0.717) is 18.2 Å². The van der Waals surface area contributed by atoms with E-state index in [4.69, 9.17) is 10.5 Å². The molecule has 0 bridgehead atoms. The maximum absolute atomic E-state index is 5.83. The van der Waals surface area contributed by atoms with Crippen molar-refractivity contribution >= 4 is 29.9 Å². The van der Waals surface area contributed by atoms with E-state index in [9.17, 15) is 0 Å². The van der Waals surface area contributed by atoms with Crippen molar-refractivity contribution in [1.29, 1.82) is 0 Å². The highest BCUT2D eigenvalue weighted by Gasteiger charge is 2.21. The molecule has 3 N–H and O–H groups in total. The molecule has 1 aliphatic rings. The molecular formula is C14H31IN4O.